The van der Waals surface area contributed by atoms with Crippen LogP contribution in [0.1, 0.15) is 47.8 Å². The Kier molecular flexibility index (Phi) is 6.60. The monoisotopic (exact) mass is 551 g/mol. The number of nitrogens with one attached hydrogen (secondary N) is 2. The summed E-state index contributed by atoms with van der Waals surface area (Å²) in [5, 5.41) is 13.1. The molecule has 2 aromatic carbocycles. The Balaban J connectivity index is 1.93. The predicted octanol–water partition coefficient (Wildman–Crippen LogP) is 5.89. The first-order valence-electron chi connectivity index (χ1n) is 10.8. The second-order valence-electron chi connectivity index (χ2n) is 8.38. The Morgan fingerprint density at radius 1 is 1.12 bits per heavy atom. The number of benzene rings is 2. The first-order valence-corrected chi connectivity index (χ1v) is 11.9. The summed E-state index contributed by atoms with van der Waals surface area (Å²) in [6, 6.07) is 16.1. The molecule has 33 heavy (non-hydrogen) atoms. The molecule has 2 N–H and O–H groups in total. The normalized spacial score (nSPS) is 11.2. The van der Waals surface area contributed by atoms with Crippen molar-refractivity contribution in [1.29, 1.82) is 5.41 Å². The first kappa shape index (κ1) is 23.1. The van der Waals surface area contributed by atoms with Crippen molar-refractivity contribution in [3.63, 3.8) is 0 Å². The molecule has 6 nitrogen and oxygen atoms in total. The van der Waals surface area contributed by atoms with Crippen molar-refractivity contribution < 1.29 is 0 Å². The smallest absolute Gasteiger partial charge is 0.263 e. The van der Waals surface area contributed by atoms with E-state index in [0.717, 1.165) is 39.0 Å². The maximum Gasteiger partial charge on any atom is 0.263 e. The van der Waals surface area contributed by atoms with Gasteiger partial charge in [0.2, 0.25) is 0 Å². The number of aromatic nitrogens is 3. The van der Waals surface area contributed by atoms with Gasteiger partial charge >= 0.3 is 0 Å². The molecule has 0 aliphatic carbocycles. The minimum absolute atomic E-state index is 0.0313. The van der Waals surface area contributed by atoms with Gasteiger partial charge in [-0.1, -0.05) is 50.2 Å². The molecule has 0 bridgehead atoms. The minimum Gasteiger partial charge on any atom is -0.364 e. The number of rotatable bonds is 6. The second-order valence-corrected chi connectivity index (χ2v) is 9.46. The van der Waals surface area contributed by atoms with E-state index in [9.17, 15) is 4.79 Å². The molecule has 0 spiro atoms. The van der Waals surface area contributed by atoms with Crippen molar-refractivity contribution in [2.24, 2.45) is 0 Å². The zero-order valence-electron chi connectivity index (χ0n) is 19.1. The van der Waals surface area contributed by atoms with Gasteiger partial charge in [-0.05, 0) is 71.0 Å². The lowest BCUT2D eigenvalue weighted by atomic mass is 10.00. The van der Waals surface area contributed by atoms with Crippen LogP contribution in [0.3, 0.4) is 0 Å². The van der Waals surface area contributed by atoms with Crippen LogP contribution in [0.2, 0.25) is 0 Å². The van der Waals surface area contributed by atoms with Gasteiger partial charge in [0.05, 0.1) is 28.9 Å². The fourth-order valence-electron chi connectivity index (χ4n) is 4.21. The maximum atomic E-state index is 13.9. The molecule has 4 rings (SSSR count). The lowest BCUT2D eigenvalue weighted by Crippen LogP contribution is -2.25. The molecule has 0 saturated heterocycles. The molecule has 0 fully saturated rings. The van der Waals surface area contributed by atoms with E-state index >= 15 is 0 Å². The van der Waals surface area contributed by atoms with Gasteiger partial charge in [-0.15, -0.1) is 0 Å². The Morgan fingerprint density at radius 2 is 1.88 bits per heavy atom. The van der Waals surface area contributed by atoms with Crippen LogP contribution < -0.4 is 10.9 Å². The van der Waals surface area contributed by atoms with Crippen LogP contribution in [0.4, 0.5) is 5.82 Å². The zero-order valence-corrected chi connectivity index (χ0v) is 21.3. The quantitative estimate of drug-likeness (QED) is 0.231. The summed E-state index contributed by atoms with van der Waals surface area (Å²) in [5.74, 6) is 0.847. The van der Waals surface area contributed by atoms with Crippen molar-refractivity contribution in [3.8, 4) is 5.69 Å². The summed E-state index contributed by atoms with van der Waals surface area (Å²) < 4.78 is 2.19. The third-order valence-electron chi connectivity index (χ3n) is 5.82. The highest BCUT2D eigenvalue weighted by atomic mass is 127. The van der Waals surface area contributed by atoms with Gasteiger partial charge in [-0.2, -0.15) is 0 Å². The van der Waals surface area contributed by atoms with E-state index in [4.69, 9.17) is 5.41 Å². The molecule has 0 atom stereocenters. The van der Waals surface area contributed by atoms with Crippen molar-refractivity contribution in [2.75, 3.05) is 5.32 Å². The number of halogens is 1. The van der Waals surface area contributed by atoms with Gasteiger partial charge in [0.25, 0.3) is 5.56 Å². The lowest BCUT2D eigenvalue weighted by molar-refractivity contribution is 0.819. The molecule has 2 heterocycles. The highest BCUT2D eigenvalue weighted by Gasteiger charge is 2.18. The molecule has 0 aliphatic heterocycles. The third kappa shape index (κ3) is 4.42. The predicted molar refractivity (Wildman–Crippen MR) is 143 cm³/mol. The molecule has 0 aliphatic rings. The average Bonchev–Trinajstić information content (AvgIpc) is 2.77. The van der Waals surface area contributed by atoms with Crippen molar-refractivity contribution >= 4 is 42.9 Å². The van der Waals surface area contributed by atoms with E-state index in [-0.39, 0.29) is 11.5 Å². The third-order valence-corrected chi connectivity index (χ3v) is 6.36. The maximum absolute atomic E-state index is 13.9. The van der Waals surface area contributed by atoms with Crippen LogP contribution in [0.5, 0.6) is 0 Å². The van der Waals surface area contributed by atoms with Crippen LogP contribution in [0.25, 0.3) is 16.5 Å². The first-order chi connectivity index (χ1) is 15.8. The Morgan fingerprint density at radius 3 is 2.61 bits per heavy atom. The summed E-state index contributed by atoms with van der Waals surface area (Å²) in [6.07, 6.45) is 1.49. The SMILES string of the molecule is Cc1ncnc(NCc2cc3cccc(C)c3c(=O)n2-c2ccccc2C(C)C)c1C(=N)I. The van der Waals surface area contributed by atoms with Gasteiger partial charge in [0, 0.05) is 5.69 Å². The molecule has 0 amide bonds. The van der Waals surface area contributed by atoms with Gasteiger partial charge in [0.1, 0.15) is 15.9 Å². The molecule has 0 saturated carbocycles. The van der Waals surface area contributed by atoms with Crippen LogP contribution in [0, 0.1) is 19.3 Å². The second kappa shape index (κ2) is 9.43. The Hall–Kier alpha value is -3.07. The summed E-state index contributed by atoms with van der Waals surface area (Å²) >= 11 is 1.97. The molecule has 7 heteroatoms. The number of anilines is 1. The van der Waals surface area contributed by atoms with Crippen LogP contribution in [0.15, 0.2) is 59.7 Å². The van der Waals surface area contributed by atoms with Crippen LogP contribution in [-0.4, -0.2) is 18.3 Å². The van der Waals surface area contributed by atoms with Gasteiger partial charge < -0.3 is 5.32 Å². The molecule has 168 valence electrons. The molecular weight excluding hydrogens is 525 g/mol. The average molecular weight is 551 g/mol. The van der Waals surface area contributed by atoms with E-state index in [1.54, 1.807) is 0 Å². The Bertz CT molecular complexity index is 1420. The number of hydrogen-bond donors (Lipinski definition) is 2. The summed E-state index contributed by atoms with van der Waals surface area (Å²) in [4.78, 5) is 22.5. The molecule has 2 aromatic heterocycles. The molecule has 0 radical (unpaired) electrons. The standard InChI is InChI=1S/C26H26IN5O/c1-15(2)20-10-5-6-11-21(20)32-19(12-18-9-7-8-16(3)22(18)26(32)33)13-29-25-23(24(27)28)17(4)30-14-31-25/h5-12,14-15,28H,13H2,1-4H3,(H,29,30,31). The van der Waals surface area contributed by atoms with Gasteiger partial charge in [-0.25, -0.2) is 9.97 Å². The summed E-state index contributed by atoms with van der Waals surface area (Å²) in [6.45, 7) is 8.48. The number of aryl methyl sites for hydroxylation is 2. The highest BCUT2D eigenvalue weighted by molar-refractivity contribution is 14.1. The van der Waals surface area contributed by atoms with Crippen molar-refractivity contribution in [3.05, 3.63) is 93.3 Å². The minimum atomic E-state index is -0.0313. The number of hydrogen-bond acceptors (Lipinski definition) is 5. The van der Waals surface area contributed by atoms with Crippen LogP contribution >= 0.6 is 22.6 Å². The van der Waals surface area contributed by atoms with Crippen LogP contribution in [-0.2, 0) is 6.54 Å². The molecule has 4 aromatic rings. The summed E-state index contributed by atoms with van der Waals surface area (Å²) in [5.41, 5.74) is 5.17. The fourth-order valence-corrected chi connectivity index (χ4v) is 4.85. The van der Waals surface area contributed by atoms with E-state index < -0.39 is 0 Å². The van der Waals surface area contributed by atoms with E-state index in [0.29, 0.717) is 21.6 Å². The zero-order chi connectivity index (χ0) is 23.7. The van der Waals surface area contributed by atoms with E-state index in [1.807, 2.05) is 77.4 Å². The van der Waals surface area contributed by atoms with E-state index in [2.05, 4.69) is 41.3 Å². The topological polar surface area (TPSA) is 83.7 Å². The van der Waals surface area contributed by atoms with Gasteiger partial charge in [0.15, 0.2) is 0 Å². The highest BCUT2D eigenvalue weighted by Crippen LogP contribution is 2.26. The lowest BCUT2D eigenvalue weighted by Gasteiger charge is -2.20. The number of pyridine rings is 1. The Labute approximate surface area is 206 Å². The largest absolute Gasteiger partial charge is 0.364 e. The van der Waals surface area contributed by atoms with E-state index in [1.165, 1.54) is 6.33 Å². The molecular formula is C26H26IN5O. The van der Waals surface area contributed by atoms with Crippen molar-refractivity contribution in [1.82, 2.24) is 14.5 Å². The molecule has 0 unspecified atom stereocenters. The van der Waals surface area contributed by atoms with Crippen molar-refractivity contribution in [2.45, 2.75) is 40.2 Å². The number of para-hydroxylation sites is 1. The number of nitrogens with zero attached hydrogens (tertiary/aromatic N) is 3. The number of fused-ring (bicyclic) bond motifs is 1. The summed E-state index contributed by atoms with van der Waals surface area (Å²) in [7, 11) is 0. The fraction of sp³-hybridized carbons (Fsp3) is 0.231. The van der Waals surface area contributed by atoms with Gasteiger partial charge in [-0.3, -0.25) is 14.8 Å².